The van der Waals surface area contributed by atoms with Crippen LogP contribution in [0.5, 0.6) is 0 Å². The van der Waals surface area contributed by atoms with Gasteiger partial charge in [0.25, 0.3) is 0 Å². The van der Waals surface area contributed by atoms with Crippen molar-refractivity contribution >= 4 is 0 Å². The highest BCUT2D eigenvalue weighted by Crippen LogP contribution is 2.33. The largest absolute Gasteiger partial charge is 0.317 e. The average Bonchev–Trinajstić information content (AvgIpc) is 2.44. The molecule has 0 spiro atoms. The van der Waals surface area contributed by atoms with Gasteiger partial charge in [-0.1, -0.05) is 24.1 Å². The van der Waals surface area contributed by atoms with E-state index in [2.05, 4.69) is 32.2 Å². The molecule has 0 bridgehead atoms. The maximum Gasteiger partial charge on any atom is -0.00431 e. The Morgan fingerprint density at radius 3 is 2.50 bits per heavy atom. The van der Waals surface area contributed by atoms with Crippen molar-refractivity contribution in [1.82, 2.24) is 5.32 Å². The van der Waals surface area contributed by atoms with Crippen LogP contribution in [0.25, 0.3) is 0 Å². The Balaban J connectivity index is 2.20. The Labute approximate surface area is 100 Å². The van der Waals surface area contributed by atoms with Gasteiger partial charge in [0.15, 0.2) is 0 Å². The van der Waals surface area contributed by atoms with Crippen molar-refractivity contribution in [2.45, 2.75) is 46.5 Å². The van der Waals surface area contributed by atoms with E-state index < -0.39 is 0 Å². The summed E-state index contributed by atoms with van der Waals surface area (Å²) in [6.45, 7) is 9.42. The quantitative estimate of drug-likeness (QED) is 0.709. The van der Waals surface area contributed by atoms with Crippen molar-refractivity contribution in [3.8, 4) is 0 Å². The molecule has 2 rings (SSSR count). The first-order valence-corrected chi connectivity index (χ1v) is 6.77. The van der Waals surface area contributed by atoms with Gasteiger partial charge in [0.05, 0.1) is 0 Å². The van der Waals surface area contributed by atoms with Gasteiger partial charge in [-0.2, -0.15) is 0 Å². The standard InChI is InChI=1S/C15H25N/c1-11-4-5-12(2)15(10-13(11)3)14-6-8-16-9-7-14/h10-11,14,16H,4-9H2,1-3H3. The molecule has 0 aromatic rings. The summed E-state index contributed by atoms with van der Waals surface area (Å²) in [4.78, 5) is 0. The second-order valence-corrected chi connectivity index (χ2v) is 5.59. The van der Waals surface area contributed by atoms with E-state index in [4.69, 9.17) is 0 Å². The van der Waals surface area contributed by atoms with Gasteiger partial charge in [0.2, 0.25) is 0 Å². The Morgan fingerprint density at radius 2 is 1.81 bits per heavy atom. The molecular formula is C15H25N. The smallest absolute Gasteiger partial charge is 0.00431 e. The monoisotopic (exact) mass is 219 g/mol. The number of piperidine rings is 1. The van der Waals surface area contributed by atoms with Gasteiger partial charge >= 0.3 is 0 Å². The lowest BCUT2D eigenvalue weighted by atomic mass is 9.86. The minimum absolute atomic E-state index is 0.772. The van der Waals surface area contributed by atoms with E-state index in [1.807, 2.05) is 0 Å². The van der Waals surface area contributed by atoms with E-state index in [9.17, 15) is 0 Å². The van der Waals surface area contributed by atoms with Gasteiger partial charge in [-0.05, 0) is 70.0 Å². The van der Waals surface area contributed by atoms with E-state index in [0.29, 0.717) is 0 Å². The molecule has 0 saturated carbocycles. The lowest BCUT2D eigenvalue weighted by molar-refractivity contribution is 0.422. The summed E-state index contributed by atoms with van der Waals surface area (Å²) in [6.07, 6.45) is 7.79. The average molecular weight is 219 g/mol. The molecular weight excluding hydrogens is 194 g/mol. The Bertz CT molecular complexity index is 305. The summed E-state index contributed by atoms with van der Waals surface area (Å²) >= 11 is 0. The molecule has 1 saturated heterocycles. The number of hydrogen-bond acceptors (Lipinski definition) is 1. The molecule has 1 aliphatic carbocycles. The molecule has 90 valence electrons. The first kappa shape index (κ1) is 11.9. The zero-order valence-corrected chi connectivity index (χ0v) is 11.0. The first-order chi connectivity index (χ1) is 7.68. The summed E-state index contributed by atoms with van der Waals surface area (Å²) < 4.78 is 0. The molecule has 1 fully saturated rings. The molecule has 1 nitrogen and oxygen atoms in total. The highest BCUT2D eigenvalue weighted by atomic mass is 14.9. The molecule has 0 amide bonds. The highest BCUT2D eigenvalue weighted by Gasteiger charge is 2.21. The summed E-state index contributed by atoms with van der Waals surface area (Å²) in [5.41, 5.74) is 4.91. The van der Waals surface area contributed by atoms with Crippen LogP contribution in [0.2, 0.25) is 0 Å². The molecule has 1 heteroatoms. The summed E-state index contributed by atoms with van der Waals surface area (Å²) in [5.74, 6) is 1.59. The highest BCUT2D eigenvalue weighted by molar-refractivity contribution is 5.33. The maximum absolute atomic E-state index is 3.46. The van der Waals surface area contributed by atoms with Gasteiger partial charge in [-0.15, -0.1) is 0 Å². The third-order valence-electron chi connectivity index (χ3n) is 4.38. The van der Waals surface area contributed by atoms with Crippen molar-refractivity contribution in [3.05, 3.63) is 22.8 Å². The SMILES string of the molecule is CC1=CC(C2CCNCC2)=C(C)CCC1C. The molecule has 1 unspecified atom stereocenters. The lowest BCUT2D eigenvalue weighted by Gasteiger charge is -2.25. The molecule has 1 heterocycles. The van der Waals surface area contributed by atoms with Gasteiger partial charge in [0, 0.05) is 0 Å². The zero-order chi connectivity index (χ0) is 11.5. The van der Waals surface area contributed by atoms with Crippen LogP contribution in [0.3, 0.4) is 0 Å². The maximum atomic E-state index is 3.46. The fourth-order valence-corrected chi connectivity index (χ4v) is 2.92. The minimum atomic E-state index is 0.772. The summed E-state index contributed by atoms with van der Waals surface area (Å²) in [6, 6.07) is 0. The molecule has 1 N–H and O–H groups in total. The van der Waals surface area contributed by atoms with Crippen LogP contribution in [0.15, 0.2) is 22.8 Å². The molecule has 0 radical (unpaired) electrons. The number of rotatable bonds is 1. The molecule has 1 atom stereocenters. The van der Waals surface area contributed by atoms with E-state index in [1.54, 1.807) is 16.7 Å². The van der Waals surface area contributed by atoms with Crippen molar-refractivity contribution < 1.29 is 0 Å². The van der Waals surface area contributed by atoms with E-state index in [-0.39, 0.29) is 0 Å². The fraction of sp³-hybridized carbons (Fsp3) is 0.733. The van der Waals surface area contributed by atoms with Crippen molar-refractivity contribution in [1.29, 1.82) is 0 Å². The second kappa shape index (κ2) is 5.18. The van der Waals surface area contributed by atoms with Crippen LogP contribution in [0.4, 0.5) is 0 Å². The molecule has 16 heavy (non-hydrogen) atoms. The normalized spacial score (nSPS) is 28.9. The third-order valence-corrected chi connectivity index (χ3v) is 4.38. The van der Waals surface area contributed by atoms with Crippen molar-refractivity contribution in [2.24, 2.45) is 11.8 Å². The van der Waals surface area contributed by atoms with Crippen LogP contribution in [-0.2, 0) is 0 Å². The molecule has 2 aliphatic rings. The third kappa shape index (κ3) is 2.57. The lowest BCUT2D eigenvalue weighted by Crippen LogP contribution is -2.28. The van der Waals surface area contributed by atoms with Crippen LogP contribution in [-0.4, -0.2) is 13.1 Å². The van der Waals surface area contributed by atoms with Gasteiger partial charge < -0.3 is 5.32 Å². The zero-order valence-electron chi connectivity index (χ0n) is 11.0. The van der Waals surface area contributed by atoms with Gasteiger partial charge in [-0.3, -0.25) is 0 Å². The predicted molar refractivity (Wildman–Crippen MR) is 70.4 cm³/mol. The first-order valence-electron chi connectivity index (χ1n) is 6.77. The Kier molecular flexibility index (Phi) is 3.86. The Hall–Kier alpha value is -0.560. The fourth-order valence-electron chi connectivity index (χ4n) is 2.92. The Morgan fingerprint density at radius 1 is 1.12 bits per heavy atom. The number of hydrogen-bond donors (Lipinski definition) is 1. The molecule has 0 aromatic heterocycles. The predicted octanol–water partition coefficient (Wildman–Crippen LogP) is 3.68. The molecule has 1 aliphatic heterocycles. The van der Waals surface area contributed by atoms with Crippen molar-refractivity contribution in [2.75, 3.05) is 13.1 Å². The second-order valence-electron chi connectivity index (χ2n) is 5.59. The van der Waals surface area contributed by atoms with E-state index >= 15 is 0 Å². The van der Waals surface area contributed by atoms with E-state index in [1.165, 1.54) is 38.8 Å². The van der Waals surface area contributed by atoms with Crippen molar-refractivity contribution in [3.63, 3.8) is 0 Å². The summed E-state index contributed by atoms with van der Waals surface area (Å²) in [5, 5.41) is 3.46. The van der Waals surface area contributed by atoms with Crippen LogP contribution in [0.1, 0.15) is 46.5 Å². The van der Waals surface area contributed by atoms with Gasteiger partial charge in [-0.25, -0.2) is 0 Å². The molecule has 0 aromatic carbocycles. The number of nitrogens with one attached hydrogen (secondary N) is 1. The van der Waals surface area contributed by atoms with Crippen LogP contribution < -0.4 is 5.32 Å². The topological polar surface area (TPSA) is 12.0 Å². The summed E-state index contributed by atoms with van der Waals surface area (Å²) in [7, 11) is 0. The van der Waals surface area contributed by atoms with Gasteiger partial charge in [0.1, 0.15) is 0 Å². The van der Waals surface area contributed by atoms with Crippen LogP contribution in [0, 0.1) is 11.8 Å². The number of allylic oxidation sites excluding steroid dienone is 4. The minimum Gasteiger partial charge on any atom is -0.317 e. The van der Waals surface area contributed by atoms with E-state index in [0.717, 1.165) is 11.8 Å². The van der Waals surface area contributed by atoms with Crippen LogP contribution >= 0.6 is 0 Å².